The van der Waals surface area contributed by atoms with Crippen molar-refractivity contribution in [2.24, 2.45) is 0 Å². The molecule has 7 aromatic rings. The molecule has 0 N–H and O–H groups in total. The number of thiazole rings is 2. The Balaban J connectivity index is 1.24. The molecule has 3 aromatic carbocycles. The molecule has 12 nitrogen and oxygen atoms in total. The number of rotatable bonds is 8. The summed E-state index contributed by atoms with van der Waals surface area (Å²) in [5.41, 5.74) is 2.23. The third kappa shape index (κ3) is 5.02. The first-order valence-electron chi connectivity index (χ1n) is 13.8. The maximum atomic E-state index is 13.3. The lowest BCUT2D eigenvalue weighted by molar-refractivity contribution is 0.355. The molecule has 0 saturated carbocycles. The lowest BCUT2D eigenvalue weighted by Gasteiger charge is -2.07. The highest BCUT2D eigenvalue weighted by molar-refractivity contribution is 7.15. The Kier molecular flexibility index (Phi) is 7.42. The molecule has 7 rings (SSSR count). The first-order valence-corrected chi connectivity index (χ1v) is 15.4. The van der Waals surface area contributed by atoms with Crippen LogP contribution in [0.1, 0.15) is 11.1 Å². The van der Waals surface area contributed by atoms with Crippen molar-refractivity contribution in [2.75, 3.05) is 28.4 Å². The molecule has 0 fully saturated rings. The zero-order valence-electron chi connectivity index (χ0n) is 24.9. The molecule has 0 unspecified atom stereocenters. The molecule has 230 valence electrons. The SMILES string of the molecule is COc1ccc(/C=c2/sc3nc(-c4ccccc4-c4nc5s/c(=C/c6ccc(OC)c(OC)c6)c(=O)n5n4)nn3c2=O)cc1OC. The van der Waals surface area contributed by atoms with Crippen LogP contribution >= 0.6 is 22.7 Å². The largest absolute Gasteiger partial charge is 0.493 e. The monoisotopic (exact) mass is 652 g/mol. The van der Waals surface area contributed by atoms with Gasteiger partial charge in [0.1, 0.15) is 0 Å². The van der Waals surface area contributed by atoms with Crippen molar-refractivity contribution < 1.29 is 18.9 Å². The zero-order chi connectivity index (χ0) is 31.9. The summed E-state index contributed by atoms with van der Waals surface area (Å²) in [6.45, 7) is 0. The average molecular weight is 653 g/mol. The van der Waals surface area contributed by atoms with Gasteiger partial charge in [0.15, 0.2) is 34.6 Å². The van der Waals surface area contributed by atoms with Crippen molar-refractivity contribution in [3.63, 3.8) is 0 Å². The van der Waals surface area contributed by atoms with Crippen LogP contribution in [-0.2, 0) is 0 Å². The van der Waals surface area contributed by atoms with Crippen molar-refractivity contribution in [3.05, 3.63) is 102 Å². The molecule has 0 spiro atoms. The van der Waals surface area contributed by atoms with E-state index in [2.05, 4.69) is 20.2 Å². The van der Waals surface area contributed by atoms with E-state index in [1.54, 1.807) is 64.9 Å². The topological polar surface area (TPSA) is 131 Å². The molecule has 0 aliphatic carbocycles. The Bertz CT molecular complexity index is 2330. The minimum absolute atomic E-state index is 0.291. The normalized spacial score (nSPS) is 12.3. The molecule has 4 aromatic heterocycles. The van der Waals surface area contributed by atoms with Gasteiger partial charge in [-0.25, -0.2) is 0 Å². The van der Waals surface area contributed by atoms with Gasteiger partial charge in [-0.3, -0.25) is 9.59 Å². The quantitative estimate of drug-likeness (QED) is 0.241. The van der Waals surface area contributed by atoms with E-state index in [9.17, 15) is 9.59 Å². The van der Waals surface area contributed by atoms with Gasteiger partial charge in [0, 0.05) is 11.1 Å². The number of hydrogen-bond acceptors (Lipinski definition) is 12. The van der Waals surface area contributed by atoms with Crippen LogP contribution in [0.25, 0.3) is 44.8 Å². The summed E-state index contributed by atoms with van der Waals surface area (Å²) >= 11 is 2.46. The highest BCUT2D eigenvalue weighted by Gasteiger charge is 2.19. The van der Waals surface area contributed by atoms with E-state index in [1.807, 2.05) is 36.4 Å². The van der Waals surface area contributed by atoms with Crippen molar-refractivity contribution in [3.8, 4) is 45.8 Å². The number of methoxy groups -OCH3 is 4. The highest BCUT2D eigenvalue weighted by Crippen LogP contribution is 2.30. The van der Waals surface area contributed by atoms with Gasteiger partial charge in [0.25, 0.3) is 11.1 Å². The lowest BCUT2D eigenvalue weighted by Crippen LogP contribution is -2.23. The molecule has 46 heavy (non-hydrogen) atoms. The van der Waals surface area contributed by atoms with Gasteiger partial charge >= 0.3 is 0 Å². The van der Waals surface area contributed by atoms with Gasteiger partial charge in [-0.2, -0.15) is 19.0 Å². The molecule has 0 bridgehead atoms. The Morgan fingerprint density at radius 3 is 1.37 bits per heavy atom. The number of nitrogens with zero attached hydrogens (tertiary/aromatic N) is 6. The predicted molar refractivity (Wildman–Crippen MR) is 175 cm³/mol. The van der Waals surface area contributed by atoms with Gasteiger partial charge in [-0.05, 0) is 47.5 Å². The van der Waals surface area contributed by atoms with Crippen LogP contribution in [-0.4, -0.2) is 57.6 Å². The minimum atomic E-state index is -0.291. The van der Waals surface area contributed by atoms with Crippen LogP contribution in [0.5, 0.6) is 23.0 Å². The second-order valence-corrected chi connectivity index (χ2v) is 11.9. The number of aromatic nitrogens is 6. The molecule has 0 aliphatic rings. The number of hydrogen-bond donors (Lipinski definition) is 0. The van der Waals surface area contributed by atoms with Crippen molar-refractivity contribution in [1.82, 2.24) is 29.2 Å². The molecule has 0 aliphatic heterocycles. The molecular formula is C32H24N6O6S2. The summed E-state index contributed by atoms with van der Waals surface area (Å²) in [5, 5.41) is 9.06. The third-order valence-corrected chi connectivity index (χ3v) is 9.10. The minimum Gasteiger partial charge on any atom is -0.493 e. The highest BCUT2D eigenvalue weighted by atomic mass is 32.1. The molecule has 4 heterocycles. The lowest BCUT2D eigenvalue weighted by atomic mass is 10.1. The summed E-state index contributed by atoms with van der Waals surface area (Å²) in [6.07, 6.45) is 3.52. The Hall–Kier alpha value is -5.60. The summed E-state index contributed by atoms with van der Waals surface area (Å²) in [7, 11) is 6.25. The van der Waals surface area contributed by atoms with Gasteiger partial charge in [0.2, 0.25) is 9.92 Å². The molecule has 0 radical (unpaired) electrons. The zero-order valence-corrected chi connectivity index (χ0v) is 26.5. The van der Waals surface area contributed by atoms with Gasteiger partial charge in [-0.1, -0.05) is 59.1 Å². The first-order chi connectivity index (χ1) is 22.4. The van der Waals surface area contributed by atoms with Gasteiger partial charge < -0.3 is 18.9 Å². The summed E-state index contributed by atoms with van der Waals surface area (Å²) in [6, 6.07) is 18.2. The second kappa shape index (κ2) is 11.7. The molecular weight excluding hydrogens is 629 g/mol. The van der Waals surface area contributed by atoms with E-state index in [4.69, 9.17) is 18.9 Å². The van der Waals surface area contributed by atoms with Crippen molar-refractivity contribution in [1.29, 1.82) is 0 Å². The average Bonchev–Trinajstić information content (AvgIpc) is 3.83. The fraction of sp³-hybridized carbons (Fsp3) is 0.125. The summed E-state index contributed by atoms with van der Waals surface area (Å²) in [5.74, 6) is 3.01. The standard InChI is InChI=1S/C32H24N6O6S2/c1-41-21-11-9-17(13-23(21)43-3)15-25-29(39)37-31(45-25)33-27(35-37)19-7-5-6-8-20(19)28-34-32-38(36-28)30(40)26(46-32)16-18-10-12-22(42-2)24(14-18)44-4/h5-16H,1-4H3/b25-15+,26-16+. The summed E-state index contributed by atoms with van der Waals surface area (Å²) < 4.78 is 24.9. The third-order valence-electron chi connectivity index (χ3n) is 7.18. The van der Waals surface area contributed by atoms with E-state index < -0.39 is 0 Å². The smallest absolute Gasteiger partial charge is 0.291 e. The van der Waals surface area contributed by atoms with Gasteiger partial charge in [0.05, 0.1) is 37.5 Å². The Morgan fingerprint density at radius 2 is 1.00 bits per heavy atom. The van der Waals surface area contributed by atoms with Crippen LogP contribution in [0.3, 0.4) is 0 Å². The van der Waals surface area contributed by atoms with E-state index in [1.165, 1.54) is 31.7 Å². The van der Waals surface area contributed by atoms with Gasteiger partial charge in [-0.15, -0.1) is 10.2 Å². The molecule has 0 atom stereocenters. The van der Waals surface area contributed by atoms with Crippen LogP contribution in [0.2, 0.25) is 0 Å². The van der Waals surface area contributed by atoms with Crippen molar-refractivity contribution in [2.45, 2.75) is 0 Å². The maximum Gasteiger partial charge on any atom is 0.291 e. The van der Waals surface area contributed by atoms with Crippen LogP contribution in [0.4, 0.5) is 0 Å². The fourth-order valence-corrected chi connectivity index (χ4v) is 6.77. The maximum absolute atomic E-state index is 13.3. The van der Waals surface area contributed by atoms with Crippen LogP contribution in [0, 0.1) is 0 Å². The van der Waals surface area contributed by atoms with Crippen LogP contribution < -0.4 is 39.1 Å². The second-order valence-electron chi connectivity index (χ2n) is 9.87. The van der Waals surface area contributed by atoms with E-state index in [0.29, 0.717) is 64.8 Å². The molecule has 0 amide bonds. The summed E-state index contributed by atoms with van der Waals surface area (Å²) in [4.78, 5) is 36.7. The van der Waals surface area contributed by atoms with Crippen molar-refractivity contribution >= 4 is 44.7 Å². The number of fused-ring (bicyclic) bond motifs is 2. The van der Waals surface area contributed by atoms with E-state index >= 15 is 0 Å². The first kappa shape index (κ1) is 29.1. The predicted octanol–water partition coefficient (Wildman–Crippen LogP) is 3.08. The molecule has 0 saturated heterocycles. The fourth-order valence-electron chi connectivity index (χ4n) is 4.96. The molecule has 14 heteroatoms. The Morgan fingerprint density at radius 1 is 0.587 bits per heavy atom. The number of ether oxygens (including phenoxy) is 4. The van der Waals surface area contributed by atoms with E-state index in [-0.39, 0.29) is 11.1 Å². The van der Waals surface area contributed by atoms with E-state index in [0.717, 1.165) is 11.1 Å². The Labute approximate surface area is 268 Å². The number of benzene rings is 3. The van der Waals surface area contributed by atoms with Crippen LogP contribution in [0.15, 0.2) is 70.3 Å².